The van der Waals surface area contributed by atoms with Crippen molar-refractivity contribution in [3.05, 3.63) is 58.2 Å². The smallest absolute Gasteiger partial charge is 0.274 e. The topological polar surface area (TPSA) is 59.8 Å². The van der Waals surface area contributed by atoms with Crippen LogP contribution in [0.15, 0.2) is 36.4 Å². The Labute approximate surface area is 198 Å². The predicted molar refractivity (Wildman–Crippen MR) is 128 cm³/mol. The number of halogens is 1. The Kier molecular flexibility index (Phi) is 5.76. The number of hydrogen-bond acceptors (Lipinski definition) is 5. The van der Waals surface area contributed by atoms with E-state index in [4.69, 9.17) is 26.2 Å². The summed E-state index contributed by atoms with van der Waals surface area (Å²) in [6.07, 6.45) is 0.603. The van der Waals surface area contributed by atoms with E-state index < -0.39 is 0 Å². The highest BCUT2D eigenvalue weighted by atomic mass is 35.5. The van der Waals surface area contributed by atoms with Crippen LogP contribution in [0.5, 0.6) is 11.5 Å². The second-order valence-corrected chi connectivity index (χ2v) is 8.71. The molecule has 2 heterocycles. The summed E-state index contributed by atoms with van der Waals surface area (Å²) < 4.78 is 12.9. The number of nitrogens with zero attached hydrogens (tertiary/aromatic N) is 4. The van der Waals surface area contributed by atoms with Crippen LogP contribution in [0.1, 0.15) is 28.5 Å². The second-order valence-electron chi connectivity index (χ2n) is 8.31. The highest BCUT2D eigenvalue weighted by molar-refractivity contribution is 6.32. The highest BCUT2D eigenvalue weighted by Crippen LogP contribution is 2.45. The summed E-state index contributed by atoms with van der Waals surface area (Å²) in [6, 6.07) is 11.5. The molecule has 172 valence electrons. The van der Waals surface area contributed by atoms with Crippen LogP contribution in [0.4, 0.5) is 0 Å². The molecular formula is C25H27ClN4O3. The minimum atomic E-state index is -0.0282. The van der Waals surface area contributed by atoms with Crippen molar-refractivity contribution in [2.45, 2.75) is 13.3 Å². The molecule has 1 aromatic heterocycles. The highest BCUT2D eigenvalue weighted by Gasteiger charge is 2.35. The largest absolute Gasteiger partial charge is 0.493 e. The summed E-state index contributed by atoms with van der Waals surface area (Å²) in [4.78, 5) is 17.9. The third-order valence-electron chi connectivity index (χ3n) is 6.61. The summed E-state index contributed by atoms with van der Waals surface area (Å²) in [5.41, 5.74) is 5.09. The van der Waals surface area contributed by atoms with E-state index in [9.17, 15) is 4.79 Å². The second kappa shape index (κ2) is 8.72. The summed E-state index contributed by atoms with van der Waals surface area (Å²) >= 11 is 6.56. The normalized spacial score (nSPS) is 15.3. The molecule has 0 spiro atoms. The number of rotatable bonds is 5. The van der Waals surface area contributed by atoms with Gasteiger partial charge in [0.25, 0.3) is 5.91 Å². The molecule has 5 rings (SSSR count). The van der Waals surface area contributed by atoms with E-state index in [-0.39, 0.29) is 5.91 Å². The van der Waals surface area contributed by atoms with E-state index in [1.165, 1.54) is 0 Å². The number of ether oxygens (including phenoxy) is 2. The van der Waals surface area contributed by atoms with Crippen molar-refractivity contribution in [1.29, 1.82) is 0 Å². The summed E-state index contributed by atoms with van der Waals surface area (Å²) in [7, 11) is 3.25. The first-order chi connectivity index (χ1) is 16.0. The van der Waals surface area contributed by atoms with Gasteiger partial charge in [-0.2, -0.15) is 5.10 Å². The number of piperazine rings is 1. The summed E-state index contributed by atoms with van der Waals surface area (Å²) in [6.45, 7) is 6.31. The minimum absolute atomic E-state index is 0.0282. The van der Waals surface area contributed by atoms with Crippen LogP contribution in [0.25, 0.3) is 16.9 Å². The van der Waals surface area contributed by atoms with Gasteiger partial charge in [0, 0.05) is 43.7 Å². The zero-order chi connectivity index (χ0) is 23.1. The third kappa shape index (κ3) is 3.65. The number of likely N-dealkylation sites (N-methyl/N-ethyl adjacent to an activating group) is 1. The maximum Gasteiger partial charge on any atom is 0.274 e. The van der Waals surface area contributed by atoms with Crippen LogP contribution < -0.4 is 9.47 Å². The Bertz CT molecular complexity index is 1210. The Morgan fingerprint density at radius 1 is 1.06 bits per heavy atom. The van der Waals surface area contributed by atoms with Gasteiger partial charge in [-0.05, 0) is 36.4 Å². The number of carbonyl (C=O) groups is 1. The Morgan fingerprint density at radius 3 is 2.42 bits per heavy atom. The molecule has 7 nitrogen and oxygen atoms in total. The molecule has 0 unspecified atom stereocenters. The maximum absolute atomic E-state index is 13.6. The lowest BCUT2D eigenvalue weighted by atomic mass is 10.1. The fourth-order valence-electron chi connectivity index (χ4n) is 4.76. The number of benzene rings is 2. The lowest BCUT2D eigenvalue weighted by molar-refractivity contribution is 0.0636. The van der Waals surface area contributed by atoms with Crippen molar-refractivity contribution in [2.24, 2.45) is 0 Å². The van der Waals surface area contributed by atoms with Gasteiger partial charge in [-0.1, -0.05) is 30.7 Å². The lowest BCUT2D eigenvalue weighted by Gasteiger charge is -2.33. The average molecular weight is 467 g/mol. The lowest BCUT2D eigenvalue weighted by Crippen LogP contribution is -2.48. The number of amides is 1. The fraction of sp³-hybridized carbons (Fsp3) is 0.360. The zero-order valence-electron chi connectivity index (χ0n) is 19.1. The van der Waals surface area contributed by atoms with Crippen LogP contribution in [-0.2, 0) is 6.42 Å². The van der Waals surface area contributed by atoms with Gasteiger partial charge in [0.2, 0.25) is 0 Å². The number of carbonyl (C=O) groups excluding carboxylic acids is 1. The van der Waals surface area contributed by atoms with Gasteiger partial charge >= 0.3 is 0 Å². The van der Waals surface area contributed by atoms with E-state index in [0.29, 0.717) is 41.7 Å². The summed E-state index contributed by atoms with van der Waals surface area (Å²) in [5, 5.41) is 5.41. The van der Waals surface area contributed by atoms with Gasteiger partial charge in [-0.3, -0.25) is 4.79 Å². The molecule has 1 aliphatic carbocycles. The van der Waals surface area contributed by atoms with E-state index in [1.54, 1.807) is 14.2 Å². The maximum atomic E-state index is 13.6. The van der Waals surface area contributed by atoms with Gasteiger partial charge in [-0.15, -0.1) is 0 Å². The van der Waals surface area contributed by atoms with Crippen LogP contribution in [0.2, 0.25) is 5.02 Å². The first kappa shape index (κ1) is 21.8. The zero-order valence-corrected chi connectivity index (χ0v) is 19.9. The Hall–Kier alpha value is -3.03. The van der Waals surface area contributed by atoms with Crippen molar-refractivity contribution < 1.29 is 14.3 Å². The molecule has 33 heavy (non-hydrogen) atoms. The molecule has 1 fully saturated rings. The first-order valence-corrected chi connectivity index (χ1v) is 11.6. The van der Waals surface area contributed by atoms with Crippen molar-refractivity contribution in [3.63, 3.8) is 0 Å². The van der Waals surface area contributed by atoms with E-state index in [1.807, 2.05) is 46.0 Å². The molecule has 0 radical (unpaired) electrons. The molecule has 0 atom stereocenters. The molecule has 0 saturated carbocycles. The molecular weight excluding hydrogens is 440 g/mol. The number of hydrogen-bond donors (Lipinski definition) is 0. The molecule has 1 aliphatic heterocycles. The predicted octanol–water partition coefficient (Wildman–Crippen LogP) is 3.89. The van der Waals surface area contributed by atoms with Crippen LogP contribution in [0, 0.1) is 0 Å². The van der Waals surface area contributed by atoms with Crippen molar-refractivity contribution in [2.75, 3.05) is 46.9 Å². The van der Waals surface area contributed by atoms with Crippen molar-refractivity contribution in [3.8, 4) is 28.4 Å². The van der Waals surface area contributed by atoms with Gasteiger partial charge in [-0.25, -0.2) is 4.68 Å². The van der Waals surface area contributed by atoms with Crippen molar-refractivity contribution in [1.82, 2.24) is 19.6 Å². The van der Waals surface area contributed by atoms with Crippen LogP contribution in [0.3, 0.4) is 0 Å². The van der Waals surface area contributed by atoms with Gasteiger partial charge in [0.1, 0.15) is 0 Å². The Balaban J connectivity index is 1.64. The number of aromatic nitrogens is 2. The molecule has 2 aliphatic rings. The molecule has 0 N–H and O–H groups in total. The summed E-state index contributed by atoms with van der Waals surface area (Å²) in [5.74, 6) is 1.28. The van der Waals surface area contributed by atoms with E-state index in [2.05, 4.69) is 11.8 Å². The van der Waals surface area contributed by atoms with Crippen molar-refractivity contribution >= 4 is 17.5 Å². The average Bonchev–Trinajstić information content (AvgIpc) is 3.40. The number of methoxy groups -OCH3 is 2. The number of para-hydroxylation sites is 1. The third-order valence-corrected chi connectivity index (χ3v) is 6.92. The minimum Gasteiger partial charge on any atom is -0.493 e. The standard InChI is InChI=1S/C25H27ClN4O3/c1-4-28-9-11-29(12-10-28)25(31)23-18-13-16-14-21(32-2)22(33-3)15-17(16)24(18)30(27-23)20-8-6-5-7-19(20)26/h5-8,14-15H,4,9-13H2,1-3H3. The monoisotopic (exact) mass is 466 g/mol. The first-order valence-electron chi connectivity index (χ1n) is 11.2. The molecule has 0 bridgehead atoms. The number of fused-ring (bicyclic) bond motifs is 3. The van der Waals surface area contributed by atoms with E-state index in [0.717, 1.165) is 47.7 Å². The van der Waals surface area contributed by atoms with E-state index >= 15 is 0 Å². The molecule has 1 amide bonds. The Morgan fingerprint density at radius 2 is 1.76 bits per heavy atom. The van der Waals surface area contributed by atoms with Gasteiger partial charge in [0.15, 0.2) is 17.2 Å². The molecule has 3 aromatic rings. The molecule has 8 heteroatoms. The van der Waals surface area contributed by atoms with Crippen LogP contribution >= 0.6 is 11.6 Å². The quantitative estimate of drug-likeness (QED) is 0.446. The van der Waals surface area contributed by atoms with Crippen LogP contribution in [-0.4, -0.2) is 72.4 Å². The molecule has 1 saturated heterocycles. The SMILES string of the molecule is CCN1CCN(C(=O)c2nn(-c3ccccc3Cl)c3c2Cc2cc(OC)c(OC)cc2-3)CC1. The molecule has 2 aromatic carbocycles. The fourth-order valence-corrected chi connectivity index (χ4v) is 4.98. The van der Waals surface area contributed by atoms with Gasteiger partial charge < -0.3 is 19.3 Å². The van der Waals surface area contributed by atoms with Gasteiger partial charge in [0.05, 0.1) is 30.6 Å².